The monoisotopic (exact) mass is 513 g/mol. The number of hydrogen-bond acceptors (Lipinski definition) is 5. The van der Waals surface area contributed by atoms with Crippen molar-refractivity contribution in [1.82, 2.24) is 24.9 Å². The molecular formula is C35H23N5. The first-order valence-corrected chi connectivity index (χ1v) is 13.1. The Hall–Kier alpha value is -5.55. The van der Waals surface area contributed by atoms with Crippen LogP contribution >= 0.6 is 0 Å². The van der Waals surface area contributed by atoms with Crippen molar-refractivity contribution in [2.75, 3.05) is 0 Å². The molecule has 7 rings (SSSR count). The van der Waals surface area contributed by atoms with Crippen LogP contribution in [0.2, 0.25) is 0 Å². The Bertz CT molecular complexity index is 1860. The lowest BCUT2D eigenvalue weighted by Crippen LogP contribution is -2.00. The van der Waals surface area contributed by atoms with Crippen molar-refractivity contribution in [2.24, 2.45) is 0 Å². The lowest BCUT2D eigenvalue weighted by Gasteiger charge is -2.13. The summed E-state index contributed by atoms with van der Waals surface area (Å²) in [5.74, 6) is 1.92. The van der Waals surface area contributed by atoms with Gasteiger partial charge in [0.1, 0.15) is 0 Å². The third-order valence-corrected chi connectivity index (χ3v) is 6.92. The van der Waals surface area contributed by atoms with Crippen LogP contribution in [0, 0.1) is 0 Å². The molecule has 0 radical (unpaired) electrons. The molecule has 7 aromatic rings. The molecule has 0 saturated carbocycles. The maximum absolute atomic E-state index is 4.95. The zero-order valence-electron chi connectivity index (χ0n) is 21.5. The molecule has 0 bridgehead atoms. The van der Waals surface area contributed by atoms with Crippen LogP contribution in [0.15, 0.2) is 140 Å². The van der Waals surface area contributed by atoms with Gasteiger partial charge in [-0.15, -0.1) is 0 Å². The van der Waals surface area contributed by atoms with E-state index in [4.69, 9.17) is 19.9 Å². The zero-order valence-corrected chi connectivity index (χ0v) is 21.5. The van der Waals surface area contributed by atoms with Gasteiger partial charge in [-0.2, -0.15) is 0 Å². The van der Waals surface area contributed by atoms with E-state index in [0.29, 0.717) is 17.5 Å². The van der Waals surface area contributed by atoms with Gasteiger partial charge in [0.15, 0.2) is 17.5 Å². The number of pyridine rings is 2. The van der Waals surface area contributed by atoms with E-state index in [1.54, 1.807) is 12.4 Å². The summed E-state index contributed by atoms with van der Waals surface area (Å²) in [6.07, 6.45) is 5.50. The number of hydrogen-bond donors (Lipinski definition) is 0. The molecule has 0 fully saturated rings. The van der Waals surface area contributed by atoms with Gasteiger partial charge in [0.25, 0.3) is 0 Å². The van der Waals surface area contributed by atoms with Gasteiger partial charge in [-0.1, -0.05) is 97.1 Å². The van der Waals surface area contributed by atoms with E-state index in [0.717, 1.165) is 49.8 Å². The molecule has 0 spiro atoms. The first-order chi connectivity index (χ1) is 19.8. The molecule has 0 saturated heterocycles. The minimum atomic E-state index is 0.636. The van der Waals surface area contributed by atoms with Crippen LogP contribution in [0.4, 0.5) is 0 Å². The van der Waals surface area contributed by atoms with Crippen LogP contribution in [0.5, 0.6) is 0 Å². The first-order valence-electron chi connectivity index (χ1n) is 13.1. The first kappa shape index (κ1) is 23.6. The van der Waals surface area contributed by atoms with Crippen LogP contribution in [0.25, 0.3) is 67.3 Å². The van der Waals surface area contributed by atoms with Crippen LogP contribution in [0.3, 0.4) is 0 Å². The molecule has 4 aromatic carbocycles. The van der Waals surface area contributed by atoms with E-state index in [9.17, 15) is 0 Å². The number of fused-ring (bicyclic) bond motifs is 1. The van der Waals surface area contributed by atoms with Gasteiger partial charge >= 0.3 is 0 Å². The van der Waals surface area contributed by atoms with Crippen molar-refractivity contribution in [3.63, 3.8) is 0 Å². The second-order valence-electron chi connectivity index (χ2n) is 9.41. The second kappa shape index (κ2) is 10.3. The molecule has 188 valence electrons. The summed E-state index contributed by atoms with van der Waals surface area (Å²) in [6, 6.07) is 40.8. The van der Waals surface area contributed by atoms with Gasteiger partial charge in [0, 0.05) is 46.4 Å². The molecule has 0 N–H and O–H groups in total. The van der Waals surface area contributed by atoms with E-state index in [1.807, 2.05) is 85.1 Å². The summed E-state index contributed by atoms with van der Waals surface area (Å²) < 4.78 is 0. The van der Waals surface area contributed by atoms with Crippen molar-refractivity contribution in [1.29, 1.82) is 0 Å². The van der Waals surface area contributed by atoms with E-state index >= 15 is 0 Å². The van der Waals surface area contributed by atoms with Gasteiger partial charge in [-0.05, 0) is 40.6 Å². The topological polar surface area (TPSA) is 64.5 Å². The van der Waals surface area contributed by atoms with Crippen LogP contribution in [0.1, 0.15) is 0 Å². The fraction of sp³-hybridized carbons (Fsp3) is 0. The summed E-state index contributed by atoms with van der Waals surface area (Å²) in [5, 5.41) is 2.15. The molecule has 0 unspecified atom stereocenters. The van der Waals surface area contributed by atoms with Gasteiger partial charge < -0.3 is 0 Å². The van der Waals surface area contributed by atoms with Crippen LogP contribution < -0.4 is 0 Å². The number of benzene rings is 4. The molecule has 0 aliphatic heterocycles. The number of nitrogens with zero attached hydrogens (tertiary/aromatic N) is 5. The summed E-state index contributed by atoms with van der Waals surface area (Å²) >= 11 is 0. The SMILES string of the molecule is c1ccc(-c2nc(-c3ccccc3)nc(-c3ccc(-c4ccc(-c5ccncc5)cn4)c4ccccc34)n2)cc1. The third kappa shape index (κ3) is 4.50. The average molecular weight is 514 g/mol. The molecule has 5 nitrogen and oxygen atoms in total. The lowest BCUT2D eigenvalue weighted by molar-refractivity contribution is 1.08. The molecule has 0 amide bonds. The van der Waals surface area contributed by atoms with E-state index in [-0.39, 0.29) is 0 Å². The smallest absolute Gasteiger partial charge is 0.164 e. The van der Waals surface area contributed by atoms with Gasteiger partial charge in [0.05, 0.1) is 5.69 Å². The minimum absolute atomic E-state index is 0.636. The van der Waals surface area contributed by atoms with E-state index in [2.05, 4.69) is 47.4 Å². The molecular weight excluding hydrogens is 490 g/mol. The largest absolute Gasteiger partial charge is 0.265 e. The average Bonchev–Trinajstić information content (AvgIpc) is 3.05. The van der Waals surface area contributed by atoms with Gasteiger partial charge in [-0.3, -0.25) is 9.97 Å². The Kier molecular flexibility index (Phi) is 6.07. The summed E-state index contributed by atoms with van der Waals surface area (Å²) in [6.45, 7) is 0. The van der Waals surface area contributed by atoms with Gasteiger partial charge in [0.2, 0.25) is 0 Å². The summed E-state index contributed by atoms with van der Waals surface area (Å²) in [5.41, 5.74) is 6.95. The Balaban J connectivity index is 1.37. The minimum Gasteiger partial charge on any atom is -0.265 e. The standard InChI is InChI=1S/C35H23N5/c1-3-9-25(10-4-1)33-38-34(26-11-5-2-6-12-26)40-35(39-33)31-17-16-30(28-13-7-8-14-29(28)31)32-18-15-27(23-37-32)24-19-21-36-22-20-24/h1-23H. The normalized spacial score (nSPS) is 11.0. The Morgan fingerprint density at radius 1 is 0.375 bits per heavy atom. The highest BCUT2D eigenvalue weighted by Crippen LogP contribution is 2.35. The van der Waals surface area contributed by atoms with Crippen LogP contribution in [-0.4, -0.2) is 24.9 Å². The van der Waals surface area contributed by atoms with E-state index < -0.39 is 0 Å². The predicted octanol–water partition coefficient (Wildman–Crippen LogP) is 8.15. The third-order valence-electron chi connectivity index (χ3n) is 6.92. The predicted molar refractivity (Wildman–Crippen MR) is 160 cm³/mol. The molecule has 0 aliphatic rings. The number of rotatable bonds is 5. The Morgan fingerprint density at radius 3 is 1.52 bits per heavy atom. The lowest BCUT2D eigenvalue weighted by atomic mass is 9.96. The van der Waals surface area contributed by atoms with Crippen molar-refractivity contribution >= 4 is 10.8 Å². The highest BCUT2D eigenvalue weighted by Gasteiger charge is 2.16. The molecule has 3 aromatic heterocycles. The fourth-order valence-corrected chi connectivity index (χ4v) is 4.91. The molecule has 40 heavy (non-hydrogen) atoms. The summed E-state index contributed by atoms with van der Waals surface area (Å²) in [4.78, 5) is 23.7. The Morgan fingerprint density at radius 2 is 0.925 bits per heavy atom. The molecule has 0 aliphatic carbocycles. The highest BCUT2D eigenvalue weighted by atomic mass is 15.0. The quantitative estimate of drug-likeness (QED) is 0.232. The summed E-state index contributed by atoms with van der Waals surface area (Å²) in [7, 11) is 0. The van der Waals surface area contributed by atoms with Crippen molar-refractivity contribution < 1.29 is 0 Å². The van der Waals surface area contributed by atoms with Gasteiger partial charge in [-0.25, -0.2) is 15.0 Å². The Labute approximate surface area is 231 Å². The zero-order chi connectivity index (χ0) is 26.7. The van der Waals surface area contributed by atoms with Crippen molar-refractivity contribution in [3.05, 3.63) is 140 Å². The number of aromatic nitrogens is 5. The van der Waals surface area contributed by atoms with Crippen molar-refractivity contribution in [3.8, 4) is 56.5 Å². The van der Waals surface area contributed by atoms with E-state index in [1.165, 1.54) is 0 Å². The molecule has 3 heterocycles. The fourth-order valence-electron chi connectivity index (χ4n) is 4.91. The molecule has 0 atom stereocenters. The maximum Gasteiger partial charge on any atom is 0.164 e. The van der Waals surface area contributed by atoms with Crippen molar-refractivity contribution in [2.45, 2.75) is 0 Å². The second-order valence-corrected chi connectivity index (χ2v) is 9.41. The highest BCUT2D eigenvalue weighted by molar-refractivity contribution is 6.03. The molecule has 5 heteroatoms. The van der Waals surface area contributed by atoms with Crippen LogP contribution in [-0.2, 0) is 0 Å². The maximum atomic E-state index is 4.95.